The van der Waals surface area contributed by atoms with E-state index in [0.29, 0.717) is 0 Å². The Morgan fingerprint density at radius 3 is 3.42 bits per heavy atom. The van der Waals surface area contributed by atoms with E-state index in [1.54, 1.807) is 0 Å². The predicted molar refractivity (Wildman–Crippen MR) is 49.6 cm³/mol. The third-order valence-corrected chi connectivity index (χ3v) is 2.46. The van der Waals surface area contributed by atoms with Gasteiger partial charge in [-0.1, -0.05) is 0 Å². The number of allylic oxidation sites excluding steroid dienone is 1. The predicted octanol–water partition coefficient (Wildman–Crippen LogP) is 1.01. The number of rotatable bonds is 0. The van der Waals surface area contributed by atoms with Crippen LogP contribution in [0.2, 0.25) is 0 Å². The van der Waals surface area contributed by atoms with E-state index in [9.17, 15) is 0 Å². The Hall–Kier alpha value is -1.25. The molecule has 1 aromatic rings. The second-order valence-electron chi connectivity index (χ2n) is 3.24. The van der Waals surface area contributed by atoms with Gasteiger partial charge < -0.3 is 0 Å². The molecule has 0 atom stereocenters. The van der Waals surface area contributed by atoms with E-state index in [1.807, 2.05) is 0 Å². The van der Waals surface area contributed by atoms with Gasteiger partial charge in [0.2, 0.25) is 0 Å². The van der Waals surface area contributed by atoms with E-state index in [0.717, 1.165) is 13.2 Å². The molecule has 0 unspecified atom stereocenters. The molecule has 0 radical (unpaired) electrons. The van der Waals surface area contributed by atoms with E-state index in [2.05, 4.69) is 46.8 Å². The summed E-state index contributed by atoms with van der Waals surface area (Å²) in [6.07, 6.45) is 8.75. The molecular weight excluding hydrogens is 147 g/mol. The van der Waals surface area contributed by atoms with Crippen LogP contribution >= 0.6 is 0 Å². The summed E-state index contributed by atoms with van der Waals surface area (Å²) >= 11 is 0. The van der Waals surface area contributed by atoms with Crippen LogP contribution in [0.25, 0.3) is 6.08 Å². The molecule has 0 saturated heterocycles. The van der Waals surface area contributed by atoms with E-state index in [1.165, 1.54) is 11.3 Å². The first kappa shape index (κ1) is 6.29. The fraction of sp³-hybridized carbons (Fsp3) is 0.222. The maximum atomic E-state index is 2.35. The van der Waals surface area contributed by atoms with Gasteiger partial charge in [-0.2, -0.15) is 0 Å². The van der Waals surface area contributed by atoms with Crippen molar-refractivity contribution in [3.05, 3.63) is 35.6 Å². The molecule has 0 aliphatic carbocycles. The van der Waals surface area contributed by atoms with Gasteiger partial charge in [-0.25, -0.2) is 0 Å². The number of nitrogens with zero attached hydrogens (tertiary/aromatic N) is 2. The van der Waals surface area contributed by atoms with Gasteiger partial charge in [0.25, 0.3) is 0 Å². The minimum absolute atomic E-state index is 1.00. The first-order valence-electron chi connectivity index (χ1n) is 4.22. The molecule has 0 saturated carbocycles. The molecule has 0 spiro atoms. The van der Waals surface area contributed by atoms with Crippen LogP contribution in [0.1, 0.15) is 5.59 Å². The monoisotopic (exact) mass is 156 g/mol. The van der Waals surface area contributed by atoms with E-state index < -0.39 is 0 Å². The number of hydrogen-bond acceptors (Lipinski definition) is 1. The molecule has 0 bridgehead atoms. The zero-order valence-corrected chi connectivity index (χ0v) is 6.77. The molecule has 0 amide bonds. The van der Waals surface area contributed by atoms with Crippen LogP contribution in [0.15, 0.2) is 30.0 Å². The summed E-state index contributed by atoms with van der Waals surface area (Å²) in [6.45, 7) is 4.21. The van der Waals surface area contributed by atoms with E-state index in [4.69, 9.17) is 0 Å². The summed E-state index contributed by atoms with van der Waals surface area (Å²) in [5, 5.41) is 0. The van der Waals surface area contributed by atoms with Crippen LogP contribution in [0.5, 0.6) is 0 Å². The van der Waals surface area contributed by atoms with Gasteiger partial charge >= 0.3 is 71.3 Å². The molecule has 58 valence electrons. The molecule has 3 heterocycles. The summed E-state index contributed by atoms with van der Waals surface area (Å²) < 4.78 is 2.26. The Morgan fingerprint density at radius 2 is 2.42 bits per heavy atom. The molecule has 0 fully saturated rings. The Labute approximate surface area is 72.0 Å². The summed E-state index contributed by atoms with van der Waals surface area (Å²) in [5.74, 6) is 2.10. The zero-order valence-electron chi connectivity index (χ0n) is 6.77. The minimum atomic E-state index is 1.00. The van der Waals surface area contributed by atoms with Gasteiger partial charge in [0.15, 0.2) is 0 Å². The zero-order chi connectivity index (χ0) is 7.97. The topological polar surface area (TPSA) is 8.17 Å². The summed E-state index contributed by atoms with van der Waals surface area (Å²) in [5.41, 5.74) is 2.66. The molecule has 2 aliphatic rings. The molecule has 0 N–H and O–H groups in total. The fourth-order valence-electron chi connectivity index (χ4n) is 1.81. The van der Waals surface area contributed by atoms with Crippen molar-refractivity contribution < 1.29 is 0 Å². The Bertz CT molecular complexity index is 376. The Morgan fingerprint density at radius 1 is 1.42 bits per heavy atom. The average molecular weight is 156 g/mol. The van der Waals surface area contributed by atoms with Crippen LogP contribution in [-0.2, 0) is 6.67 Å². The van der Waals surface area contributed by atoms with E-state index in [-0.39, 0.29) is 0 Å². The molecule has 2 nitrogen and oxygen atoms in total. The second-order valence-corrected chi connectivity index (χ2v) is 3.24. The number of fused-ring (bicyclic) bond motifs is 2. The first-order chi connectivity index (χ1) is 5.93. The molecule has 12 heavy (non-hydrogen) atoms. The van der Waals surface area contributed by atoms with E-state index >= 15 is 0 Å². The molecule has 3 heteroatoms. The molecule has 2 aliphatic heterocycles. The van der Waals surface area contributed by atoms with Crippen LogP contribution in [0, 0.1) is 0 Å². The van der Waals surface area contributed by atoms with Crippen molar-refractivity contribution in [1.29, 1.82) is 0 Å². The van der Waals surface area contributed by atoms with Crippen molar-refractivity contribution in [2.75, 3.05) is 6.54 Å². The van der Waals surface area contributed by atoms with Crippen LogP contribution in [0.4, 0.5) is 0 Å². The van der Waals surface area contributed by atoms with Gasteiger partial charge in [0, 0.05) is 0 Å². The van der Waals surface area contributed by atoms with Crippen LogP contribution < -0.4 is 0 Å². The first-order valence-corrected chi connectivity index (χ1v) is 4.22. The fourth-order valence-corrected chi connectivity index (χ4v) is 1.81. The van der Waals surface area contributed by atoms with Gasteiger partial charge in [0.05, 0.1) is 0 Å². The third kappa shape index (κ3) is 0.736. The second kappa shape index (κ2) is 2.13. The van der Waals surface area contributed by atoms with Gasteiger partial charge in [-0.05, 0) is 0 Å². The van der Waals surface area contributed by atoms with Crippen molar-refractivity contribution in [3.8, 4) is 0 Å². The normalized spacial score (nSPS) is 18.7. The number of aromatic nitrogens is 1. The van der Waals surface area contributed by atoms with Crippen molar-refractivity contribution in [2.24, 2.45) is 0 Å². The molecule has 0 aromatic carbocycles. The molecular formula is C9H9BN2. The third-order valence-electron chi connectivity index (χ3n) is 2.46. The van der Waals surface area contributed by atoms with Gasteiger partial charge in [0.1, 0.15) is 0 Å². The Kier molecular flexibility index (Phi) is 1.11. The van der Waals surface area contributed by atoms with Crippen LogP contribution in [-0.4, -0.2) is 22.9 Å². The average Bonchev–Trinajstić information content (AvgIpc) is 2.64. The van der Waals surface area contributed by atoms with Gasteiger partial charge in [-0.3, -0.25) is 0 Å². The summed E-state index contributed by atoms with van der Waals surface area (Å²) in [4.78, 5) is 2.35. The van der Waals surface area contributed by atoms with Crippen molar-refractivity contribution in [2.45, 2.75) is 6.67 Å². The molecule has 1 aromatic heterocycles. The standard InChI is InChI=1S/C9H9BN2/c1-2-8-6-9-10-3-5-12(9)7-11(8)4-1/h1-3,5-6H,4,7H2. The SMILES string of the molecule is b1ccn2c1C=C1C=CCN1C2. The Balaban J connectivity index is 2.14. The maximum absolute atomic E-state index is 2.35. The van der Waals surface area contributed by atoms with Gasteiger partial charge in [-0.15, -0.1) is 0 Å². The van der Waals surface area contributed by atoms with Crippen molar-refractivity contribution in [1.82, 2.24) is 9.47 Å². The number of hydrogen-bond donors (Lipinski definition) is 0. The van der Waals surface area contributed by atoms with Crippen molar-refractivity contribution in [3.63, 3.8) is 0 Å². The van der Waals surface area contributed by atoms with Crippen molar-refractivity contribution >= 4 is 13.0 Å². The quantitative estimate of drug-likeness (QED) is 0.544. The van der Waals surface area contributed by atoms with Crippen LogP contribution in [0.3, 0.4) is 0 Å². The summed E-state index contributed by atoms with van der Waals surface area (Å²) in [7, 11) is 0. The molecule has 3 rings (SSSR count). The summed E-state index contributed by atoms with van der Waals surface area (Å²) in [6, 6.07) is 0.